The van der Waals surface area contributed by atoms with Crippen LogP contribution in [-0.4, -0.2) is 29.8 Å². The fraction of sp³-hybridized carbons (Fsp3) is 0.308. The van der Waals surface area contributed by atoms with Gasteiger partial charge in [-0.05, 0) is 49.1 Å². The Hall–Kier alpha value is -3.18. The molecule has 2 N–H and O–H groups in total. The fourth-order valence-corrected chi connectivity index (χ4v) is 5.23. The first-order chi connectivity index (χ1) is 15.2. The molecule has 1 aromatic heterocycles. The molecule has 5 heteroatoms. The Morgan fingerprint density at radius 1 is 1.26 bits per heavy atom. The molecule has 0 saturated heterocycles. The zero-order chi connectivity index (χ0) is 21.2. The van der Waals surface area contributed by atoms with E-state index >= 15 is 0 Å². The van der Waals surface area contributed by atoms with Gasteiger partial charge in [-0.1, -0.05) is 48.0 Å². The van der Waals surface area contributed by atoms with Crippen molar-refractivity contribution >= 4 is 29.1 Å². The van der Waals surface area contributed by atoms with Gasteiger partial charge in [0.15, 0.2) is 6.54 Å². The van der Waals surface area contributed by atoms with Crippen LogP contribution in [0.15, 0.2) is 59.7 Å². The minimum absolute atomic E-state index is 0.0214. The number of rotatable bonds is 5. The monoisotopic (exact) mass is 413 g/mol. The molecule has 1 aliphatic heterocycles. The van der Waals surface area contributed by atoms with Crippen molar-refractivity contribution in [2.45, 2.75) is 38.8 Å². The number of benzene rings is 2. The van der Waals surface area contributed by atoms with E-state index in [9.17, 15) is 4.79 Å². The Labute approximate surface area is 183 Å². The van der Waals surface area contributed by atoms with E-state index in [0.29, 0.717) is 12.6 Å². The van der Waals surface area contributed by atoms with Crippen molar-refractivity contribution < 1.29 is 9.69 Å². The zero-order valence-corrected chi connectivity index (χ0v) is 18.0. The molecule has 5 nitrogen and oxygen atoms in total. The molecular formula is C26H29N4O+. The molecule has 0 spiro atoms. The van der Waals surface area contributed by atoms with Gasteiger partial charge in [0.1, 0.15) is 6.04 Å². The van der Waals surface area contributed by atoms with E-state index in [1.807, 2.05) is 42.5 Å². The lowest BCUT2D eigenvalue weighted by Crippen LogP contribution is -3.14. The van der Waals surface area contributed by atoms with Gasteiger partial charge in [0.25, 0.3) is 5.91 Å². The molecule has 1 unspecified atom stereocenters. The van der Waals surface area contributed by atoms with Crippen LogP contribution in [0.5, 0.6) is 0 Å². The molecule has 2 heterocycles. The van der Waals surface area contributed by atoms with Crippen molar-refractivity contribution in [1.82, 2.24) is 9.99 Å². The van der Waals surface area contributed by atoms with Gasteiger partial charge in [-0.2, -0.15) is 5.10 Å². The summed E-state index contributed by atoms with van der Waals surface area (Å²) >= 11 is 0. The summed E-state index contributed by atoms with van der Waals surface area (Å²) in [5, 5.41) is 5.51. The molecular weight excluding hydrogens is 384 g/mol. The van der Waals surface area contributed by atoms with E-state index in [0.717, 1.165) is 31.5 Å². The van der Waals surface area contributed by atoms with E-state index < -0.39 is 0 Å². The summed E-state index contributed by atoms with van der Waals surface area (Å²) in [4.78, 5) is 13.9. The fourth-order valence-electron chi connectivity index (χ4n) is 5.23. The number of aromatic nitrogens is 1. The van der Waals surface area contributed by atoms with Gasteiger partial charge in [0, 0.05) is 23.5 Å². The van der Waals surface area contributed by atoms with E-state index in [1.54, 1.807) is 6.21 Å². The number of quaternary nitrogens is 1. The number of nitrogens with one attached hydrogen (secondary N) is 2. The number of hydrogen-bond acceptors (Lipinski definition) is 2. The number of hydrazone groups is 1. The number of amides is 1. The molecule has 2 aliphatic rings. The molecule has 5 rings (SSSR count). The highest BCUT2D eigenvalue weighted by molar-refractivity contribution is 5.87. The molecule has 2 aromatic carbocycles. The second-order valence-electron chi connectivity index (χ2n) is 8.65. The summed E-state index contributed by atoms with van der Waals surface area (Å²) in [5.41, 5.74) is 9.47. The van der Waals surface area contributed by atoms with Crippen LogP contribution in [0.1, 0.15) is 41.3 Å². The Bertz CT molecular complexity index is 1160. The van der Waals surface area contributed by atoms with Crippen LogP contribution in [0.25, 0.3) is 17.0 Å². The van der Waals surface area contributed by atoms with Crippen molar-refractivity contribution in [1.29, 1.82) is 0 Å². The first-order valence-corrected chi connectivity index (χ1v) is 11.2. The third-order valence-corrected chi connectivity index (χ3v) is 6.59. The second kappa shape index (κ2) is 8.52. The number of aryl methyl sites for hydroxylation is 2. The van der Waals surface area contributed by atoms with E-state index in [1.165, 1.54) is 39.0 Å². The molecule has 31 heavy (non-hydrogen) atoms. The molecule has 1 amide bonds. The summed E-state index contributed by atoms with van der Waals surface area (Å²) in [6.07, 6.45) is 8.94. The smallest absolute Gasteiger partial charge is 0.295 e. The third kappa shape index (κ3) is 3.93. The predicted molar refractivity (Wildman–Crippen MR) is 125 cm³/mol. The van der Waals surface area contributed by atoms with Crippen molar-refractivity contribution in [3.63, 3.8) is 0 Å². The largest absolute Gasteiger partial charge is 0.334 e. The number of allylic oxidation sites excluding steroid dienone is 1. The van der Waals surface area contributed by atoms with Crippen LogP contribution in [-0.2, 0) is 17.8 Å². The summed E-state index contributed by atoms with van der Waals surface area (Å²) < 4.78 is 2.52. The van der Waals surface area contributed by atoms with Crippen molar-refractivity contribution in [2.75, 3.05) is 13.1 Å². The molecule has 2 atom stereocenters. The summed E-state index contributed by atoms with van der Waals surface area (Å²) in [7, 11) is 0. The number of fused-ring (bicyclic) bond motifs is 3. The highest BCUT2D eigenvalue weighted by Gasteiger charge is 2.38. The third-order valence-electron chi connectivity index (χ3n) is 6.59. The highest BCUT2D eigenvalue weighted by atomic mass is 16.2. The second-order valence-corrected chi connectivity index (χ2v) is 8.65. The van der Waals surface area contributed by atoms with Crippen LogP contribution in [0.4, 0.5) is 0 Å². The Morgan fingerprint density at radius 2 is 2.13 bits per heavy atom. The topological polar surface area (TPSA) is 50.8 Å². The van der Waals surface area contributed by atoms with Gasteiger partial charge in [-0.25, -0.2) is 5.43 Å². The molecule has 0 radical (unpaired) electrons. The van der Waals surface area contributed by atoms with Crippen molar-refractivity contribution in [3.05, 3.63) is 77.0 Å². The van der Waals surface area contributed by atoms with Gasteiger partial charge in [-0.15, -0.1) is 0 Å². The van der Waals surface area contributed by atoms with Gasteiger partial charge < -0.3 is 9.47 Å². The van der Waals surface area contributed by atoms with Crippen LogP contribution >= 0.6 is 0 Å². The van der Waals surface area contributed by atoms with Crippen molar-refractivity contribution in [3.8, 4) is 0 Å². The van der Waals surface area contributed by atoms with Crippen LogP contribution in [0, 0.1) is 6.92 Å². The van der Waals surface area contributed by atoms with Gasteiger partial charge in [0.2, 0.25) is 0 Å². The Kier molecular flexibility index (Phi) is 5.43. The minimum Gasteiger partial charge on any atom is -0.334 e. The number of carbonyl (C=O) groups excluding carboxylic acids is 1. The molecule has 3 aromatic rings. The van der Waals surface area contributed by atoms with Crippen LogP contribution in [0.3, 0.4) is 0 Å². The average Bonchev–Trinajstić information content (AvgIpc) is 3.10. The van der Waals surface area contributed by atoms with E-state index in [4.69, 9.17) is 0 Å². The standard InChI is InChI=1S/C26H28N4O/c1-19-12-13-23-22(17-19)21-10-5-11-24-26(21)30(23)16-15-29(24)18-25(31)28-27-14-6-9-20-7-3-2-4-8-20/h2-4,6-9,12-14,17,24H,5,10-11,15-16,18H2,1H3,(H,28,31)/p+1/b9-6+,27-14-/t24-/m1/s1. The summed E-state index contributed by atoms with van der Waals surface area (Å²) in [5.74, 6) is -0.0214. The van der Waals surface area contributed by atoms with Crippen LogP contribution in [0.2, 0.25) is 0 Å². The molecule has 0 fully saturated rings. The summed E-state index contributed by atoms with van der Waals surface area (Å²) in [6.45, 7) is 4.57. The molecule has 0 bridgehead atoms. The lowest BCUT2D eigenvalue weighted by molar-refractivity contribution is -0.929. The molecule has 0 saturated carbocycles. The van der Waals surface area contributed by atoms with E-state index in [2.05, 4.69) is 40.2 Å². The SMILES string of the molecule is Cc1ccc2c(c1)c1c3n2CC[NH+](CC(=O)N/N=C\C=C\c2ccccc2)[C@@H]3CCC1. The lowest BCUT2D eigenvalue weighted by atomic mass is 9.89. The van der Waals surface area contributed by atoms with E-state index in [-0.39, 0.29) is 5.91 Å². The summed E-state index contributed by atoms with van der Waals surface area (Å²) in [6, 6.07) is 17.3. The van der Waals surface area contributed by atoms with Gasteiger partial charge in [0.05, 0.1) is 18.8 Å². The normalized spacial score (nSPS) is 20.4. The minimum atomic E-state index is -0.0214. The van der Waals surface area contributed by atoms with Crippen LogP contribution < -0.4 is 10.3 Å². The number of carbonyl (C=O) groups is 1. The quantitative estimate of drug-likeness (QED) is 0.490. The van der Waals surface area contributed by atoms with Gasteiger partial charge >= 0.3 is 0 Å². The lowest BCUT2D eigenvalue weighted by Gasteiger charge is -2.36. The molecule has 1 aliphatic carbocycles. The number of hydrogen-bond donors (Lipinski definition) is 2. The predicted octanol–water partition coefficient (Wildman–Crippen LogP) is 3.04. The maximum Gasteiger partial charge on any atom is 0.295 e. The molecule has 158 valence electrons. The Balaban J connectivity index is 1.26. The first kappa shape index (κ1) is 19.8. The average molecular weight is 414 g/mol. The number of nitrogens with zero attached hydrogens (tertiary/aromatic N) is 2. The maximum absolute atomic E-state index is 12.6. The Morgan fingerprint density at radius 3 is 3.00 bits per heavy atom. The van der Waals surface area contributed by atoms with Gasteiger partial charge in [-0.3, -0.25) is 4.79 Å². The first-order valence-electron chi connectivity index (χ1n) is 11.2. The van der Waals surface area contributed by atoms with Crippen molar-refractivity contribution in [2.24, 2.45) is 5.10 Å². The highest BCUT2D eigenvalue weighted by Crippen LogP contribution is 2.37. The maximum atomic E-state index is 12.6. The zero-order valence-electron chi connectivity index (χ0n) is 18.0.